The number of nitrogens with zero attached hydrogens (tertiary/aromatic N) is 1. The summed E-state index contributed by atoms with van der Waals surface area (Å²) in [5, 5.41) is 0.770. The Labute approximate surface area is 140 Å². The second kappa shape index (κ2) is 8.54. The van der Waals surface area contributed by atoms with Gasteiger partial charge in [-0.1, -0.05) is 57.9 Å². The second-order valence-corrected chi connectivity index (χ2v) is 6.36. The lowest BCUT2D eigenvalue weighted by Crippen LogP contribution is -2.25. The highest BCUT2D eigenvalue weighted by Crippen LogP contribution is 2.23. The maximum atomic E-state index is 6.11. The molecule has 0 aliphatic carbocycles. The molecule has 0 atom stereocenters. The van der Waals surface area contributed by atoms with Gasteiger partial charge in [0.05, 0.1) is 0 Å². The van der Waals surface area contributed by atoms with Gasteiger partial charge in [0.25, 0.3) is 0 Å². The van der Waals surface area contributed by atoms with Crippen LogP contribution in [-0.4, -0.2) is 18.0 Å². The number of hydrogen-bond acceptors (Lipinski definition) is 2. The van der Waals surface area contributed by atoms with Gasteiger partial charge in [0, 0.05) is 29.1 Å². The highest BCUT2D eigenvalue weighted by atomic mass is 79.9. The Bertz CT molecular complexity index is 560. The molecule has 0 fully saturated rings. The Morgan fingerprint density at radius 3 is 2.52 bits per heavy atom. The van der Waals surface area contributed by atoms with Crippen LogP contribution in [0.2, 0.25) is 5.02 Å². The van der Waals surface area contributed by atoms with Gasteiger partial charge in [0.2, 0.25) is 0 Å². The van der Waals surface area contributed by atoms with Crippen LogP contribution in [0.15, 0.2) is 53.0 Å². The molecule has 2 nitrogen and oxygen atoms in total. The van der Waals surface area contributed by atoms with Gasteiger partial charge in [-0.05, 0) is 42.3 Å². The van der Waals surface area contributed by atoms with Crippen LogP contribution in [0.3, 0.4) is 0 Å². The van der Waals surface area contributed by atoms with Crippen LogP contribution in [0.4, 0.5) is 0 Å². The summed E-state index contributed by atoms with van der Waals surface area (Å²) in [6, 6.07) is 16.4. The first-order chi connectivity index (χ1) is 10.2. The number of hydrogen-bond donors (Lipinski definition) is 1. The van der Waals surface area contributed by atoms with E-state index in [4.69, 9.17) is 17.3 Å². The molecule has 0 unspecified atom stereocenters. The van der Waals surface area contributed by atoms with Crippen molar-refractivity contribution < 1.29 is 0 Å². The monoisotopic (exact) mass is 366 g/mol. The highest BCUT2D eigenvalue weighted by Gasteiger charge is 2.09. The minimum Gasteiger partial charge on any atom is -0.330 e. The Hall–Kier alpha value is -0.870. The molecule has 0 heterocycles. The van der Waals surface area contributed by atoms with Crippen molar-refractivity contribution in [2.45, 2.75) is 19.5 Å². The van der Waals surface area contributed by atoms with Gasteiger partial charge in [0.15, 0.2) is 0 Å². The Balaban J connectivity index is 2.10. The minimum atomic E-state index is 0.710. The van der Waals surface area contributed by atoms with Crippen LogP contribution in [0.25, 0.3) is 0 Å². The molecule has 0 aliphatic rings. The molecule has 0 radical (unpaired) electrons. The zero-order valence-electron chi connectivity index (χ0n) is 11.9. The van der Waals surface area contributed by atoms with Crippen LogP contribution < -0.4 is 5.73 Å². The summed E-state index contributed by atoms with van der Waals surface area (Å²) in [6.45, 7) is 3.46. The topological polar surface area (TPSA) is 29.3 Å². The fourth-order valence-corrected chi connectivity index (χ4v) is 2.84. The molecule has 4 heteroatoms. The van der Waals surface area contributed by atoms with E-state index in [9.17, 15) is 0 Å². The predicted octanol–water partition coefficient (Wildman–Crippen LogP) is 4.45. The molecule has 112 valence electrons. The molecule has 2 aromatic rings. The average Bonchev–Trinajstić information content (AvgIpc) is 2.49. The normalized spacial score (nSPS) is 11.0. The molecule has 2 N–H and O–H groups in total. The summed E-state index contributed by atoms with van der Waals surface area (Å²) in [7, 11) is 0. The lowest BCUT2D eigenvalue weighted by atomic mass is 10.1. The summed E-state index contributed by atoms with van der Waals surface area (Å²) in [5.41, 5.74) is 8.18. The number of rotatable bonds is 7. The number of benzene rings is 2. The van der Waals surface area contributed by atoms with Crippen molar-refractivity contribution in [2.24, 2.45) is 5.73 Å². The summed E-state index contributed by atoms with van der Waals surface area (Å²) < 4.78 is 1.10. The fraction of sp³-hybridized carbons (Fsp3) is 0.294. The molecular formula is C17H20BrClN2. The van der Waals surface area contributed by atoms with E-state index in [2.05, 4.69) is 45.1 Å². The quantitative estimate of drug-likeness (QED) is 0.783. The van der Waals surface area contributed by atoms with Crippen LogP contribution in [-0.2, 0) is 13.1 Å². The van der Waals surface area contributed by atoms with Gasteiger partial charge in [-0.2, -0.15) is 0 Å². The van der Waals surface area contributed by atoms with Crippen molar-refractivity contribution in [1.82, 2.24) is 4.90 Å². The van der Waals surface area contributed by atoms with Crippen molar-refractivity contribution >= 4 is 27.5 Å². The molecule has 0 saturated carbocycles. The maximum absolute atomic E-state index is 6.11. The molecular weight excluding hydrogens is 348 g/mol. The first-order valence-electron chi connectivity index (χ1n) is 7.09. The van der Waals surface area contributed by atoms with Crippen molar-refractivity contribution in [3.8, 4) is 0 Å². The van der Waals surface area contributed by atoms with E-state index in [-0.39, 0.29) is 0 Å². The van der Waals surface area contributed by atoms with Crippen molar-refractivity contribution in [1.29, 1.82) is 0 Å². The van der Waals surface area contributed by atoms with Crippen LogP contribution in [0.1, 0.15) is 17.5 Å². The molecule has 21 heavy (non-hydrogen) atoms. The smallest absolute Gasteiger partial charge is 0.0410 e. The number of halogens is 2. The second-order valence-electron chi connectivity index (χ2n) is 5.07. The molecule has 0 aliphatic heterocycles. The summed E-state index contributed by atoms with van der Waals surface area (Å²) >= 11 is 9.71. The zero-order valence-corrected chi connectivity index (χ0v) is 14.3. The van der Waals surface area contributed by atoms with E-state index in [0.717, 1.165) is 35.6 Å². The molecule has 0 saturated heterocycles. The summed E-state index contributed by atoms with van der Waals surface area (Å²) in [6.07, 6.45) is 0.991. The van der Waals surface area contributed by atoms with E-state index in [1.807, 2.05) is 24.3 Å². The van der Waals surface area contributed by atoms with Gasteiger partial charge in [0.1, 0.15) is 0 Å². The van der Waals surface area contributed by atoms with Crippen LogP contribution in [0, 0.1) is 0 Å². The lowest BCUT2D eigenvalue weighted by molar-refractivity contribution is 0.254. The Kier molecular flexibility index (Phi) is 6.71. The van der Waals surface area contributed by atoms with E-state index in [1.54, 1.807) is 0 Å². The van der Waals surface area contributed by atoms with E-state index in [1.165, 1.54) is 11.1 Å². The fourth-order valence-electron chi connectivity index (χ4n) is 2.28. The third-order valence-electron chi connectivity index (χ3n) is 3.33. The third kappa shape index (κ3) is 5.44. The summed E-state index contributed by atoms with van der Waals surface area (Å²) in [4.78, 5) is 2.40. The van der Waals surface area contributed by atoms with Gasteiger partial charge >= 0.3 is 0 Å². The van der Waals surface area contributed by atoms with E-state index < -0.39 is 0 Å². The van der Waals surface area contributed by atoms with Crippen molar-refractivity contribution in [3.05, 3.63) is 69.2 Å². The van der Waals surface area contributed by atoms with Crippen LogP contribution in [0.5, 0.6) is 0 Å². The maximum Gasteiger partial charge on any atom is 0.0410 e. The molecule has 0 amide bonds. The average molecular weight is 368 g/mol. The Morgan fingerprint density at radius 1 is 1.05 bits per heavy atom. The minimum absolute atomic E-state index is 0.710. The predicted molar refractivity (Wildman–Crippen MR) is 93.4 cm³/mol. The van der Waals surface area contributed by atoms with Crippen molar-refractivity contribution in [3.63, 3.8) is 0 Å². The van der Waals surface area contributed by atoms with E-state index >= 15 is 0 Å². The first kappa shape index (κ1) is 16.5. The van der Waals surface area contributed by atoms with Gasteiger partial charge < -0.3 is 5.73 Å². The molecule has 2 aromatic carbocycles. The van der Waals surface area contributed by atoms with Gasteiger partial charge in [-0.15, -0.1) is 0 Å². The standard InChI is InChI=1S/C17H20BrClN2/c18-17-8-7-16(19)11-15(17)13-21(10-4-9-20)12-14-5-2-1-3-6-14/h1-3,5-8,11H,4,9-10,12-13,20H2. The SMILES string of the molecule is NCCCN(Cc1ccccc1)Cc1cc(Cl)ccc1Br. The highest BCUT2D eigenvalue weighted by molar-refractivity contribution is 9.10. The van der Waals surface area contributed by atoms with Crippen LogP contribution >= 0.6 is 27.5 Å². The molecule has 0 spiro atoms. The summed E-state index contributed by atoms with van der Waals surface area (Å²) in [5.74, 6) is 0. The molecule has 2 rings (SSSR count). The first-order valence-corrected chi connectivity index (χ1v) is 8.26. The molecule has 0 bridgehead atoms. The lowest BCUT2D eigenvalue weighted by Gasteiger charge is -2.23. The third-order valence-corrected chi connectivity index (χ3v) is 4.34. The van der Waals surface area contributed by atoms with Gasteiger partial charge in [-0.3, -0.25) is 4.90 Å². The zero-order chi connectivity index (χ0) is 15.1. The van der Waals surface area contributed by atoms with Gasteiger partial charge in [-0.25, -0.2) is 0 Å². The number of nitrogens with two attached hydrogens (primary N) is 1. The Morgan fingerprint density at radius 2 is 1.81 bits per heavy atom. The van der Waals surface area contributed by atoms with E-state index in [0.29, 0.717) is 6.54 Å². The molecule has 0 aromatic heterocycles. The largest absolute Gasteiger partial charge is 0.330 e. The van der Waals surface area contributed by atoms with Crippen molar-refractivity contribution in [2.75, 3.05) is 13.1 Å².